The topological polar surface area (TPSA) is 12.0 Å². The Labute approximate surface area is 111 Å². The zero-order chi connectivity index (χ0) is 12.4. The van der Waals surface area contributed by atoms with Gasteiger partial charge in [-0.05, 0) is 47.2 Å². The van der Waals surface area contributed by atoms with Crippen LogP contribution in [-0.2, 0) is 12.8 Å². The molecule has 1 atom stereocenters. The minimum absolute atomic E-state index is 0.564. The van der Waals surface area contributed by atoms with E-state index in [4.69, 9.17) is 0 Å². The molecule has 2 aromatic rings. The van der Waals surface area contributed by atoms with Crippen molar-refractivity contribution in [2.24, 2.45) is 0 Å². The van der Waals surface area contributed by atoms with Crippen molar-refractivity contribution < 1.29 is 4.39 Å². The van der Waals surface area contributed by atoms with Gasteiger partial charge in [-0.3, -0.25) is 0 Å². The lowest BCUT2D eigenvalue weighted by Crippen LogP contribution is -2.00. The van der Waals surface area contributed by atoms with Crippen LogP contribution in [0, 0.1) is 0 Å². The Balaban J connectivity index is 1.72. The first-order valence-corrected chi connectivity index (χ1v) is 7.29. The Morgan fingerprint density at radius 3 is 3.11 bits per heavy atom. The SMILES string of the molecule is FC(CCc1ccsc1)c1cccc2c1NCC2. The van der Waals surface area contributed by atoms with Crippen LogP contribution in [0.3, 0.4) is 0 Å². The number of rotatable bonds is 4. The fourth-order valence-corrected chi connectivity index (χ4v) is 3.21. The Morgan fingerprint density at radius 1 is 1.33 bits per heavy atom. The summed E-state index contributed by atoms with van der Waals surface area (Å²) < 4.78 is 14.3. The highest BCUT2D eigenvalue weighted by molar-refractivity contribution is 7.07. The molecule has 1 N–H and O–H groups in total. The molecule has 0 saturated heterocycles. The number of hydrogen-bond acceptors (Lipinski definition) is 2. The predicted octanol–water partition coefficient (Wildman–Crippen LogP) is 4.36. The normalized spacial score (nSPS) is 15.2. The van der Waals surface area contributed by atoms with Gasteiger partial charge in [0.15, 0.2) is 0 Å². The zero-order valence-electron chi connectivity index (χ0n) is 10.2. The number of anilines is 1. The van der Waals surface area contributed by atoms with Gasteiger partial charge in [-0.2, -0.15) is 11.3 Å². The van der Waals surface area contributed by atoms with Crippen LogP contribution in [0.25, 0.3) is 0 Å². The van der Waals surface area contributed by atoms with E-state index in [-0.39, 0.29) is 0 Å². The molecule has 0 spiro atoms. The van der Waals surface area contributed by atoms with Crippen LogP contribution in [0.1, 0.15) is 29.3 Å². The summed E-state index contributed by atoms with van der Waals surface area (Å²) in [6, 6.07) is 8.04. The average molecular weight is 261 g/mol. The van der Waals surface area contributed by atoms with Crippen LogP contribution in [-0.4, -0.2) is 6.54 Å². The van der Waals surface area contributed by atoms with Gasteiger partial charge in [0.25, 0.3) is 0 Å². The second-order valence-corrected chi connectivity index (χ2v) is 5.48. The molecule has 3 rings (SSSR count). The molecule has 0 aliphatic carbocycles. The molecule has 1 nitrogen and oxygen atoms in total. The summed E-state index contributed by atoms with van der Waals surface area (Å²) in [7, 11) is 0. The number of thiophene rings is 1. The minimum Gasteiger partial charge on any atom is -0.384 e. The van der Waals surface area contributed by atoms with Gasteiger partial charge in [0.2, 0.25) is 0 Å². The number of aryl methyl sites for hydroxylation is 1. The fraction of sp³-hybridized carbons (Fsp3) is 0.333. The largest absolute Gasteiger partial charge is 0.384 e. The van der Waals surface area contributed by atoms with Gasteiger partial charge in [0.05, 0.1) is 0 Å². The lowest BCUT2D eigenvalue weighted by atomic mass is 10.00. The highest BCUT2D eigenvalue weighted by Gasteiger charge is 2.19. The van der Waals surface area contributed by atoms with E-state index in [2.05, 4.69) is 22.8 Å². The summed E-state index contributed by atoms with van der Waals surface area (Å²) in [5.41, 5.74) is 4.37. The molecular weight excluding hydrogens is 245 g/mol. The van der Waals surface area contributed by atoms with E-state index in [0.29, 0.717) is 6.42 Å². The van der Waals surface area contributed by atoms with Gasteiger partial charge >= 0.3 is 0 Å². The molecule has 18 heavy (non-hydrogen) atoms. The highest BCUT2D eigenvalue weighted by Crippen LogP contribution is 2.34. The molecule has 0 bridgehead atoms. The van der Waals surface area contributed by atoms with Crippen molar-refractivity contribution in [3.63, 3.8) is 0 Å². The van der Waals surface area contributed by atoms with E-state index in [1.807, 2.05) is 17.5 Å². The second kappa shape index (κ2) is 5.11. The van der Waals surface area contributed by atoms with Crippen LogP contribution >= 0.6 is 11.3 Å². The summed E-state index contributed by atoms with van der Waals surface area (Å²) in [4.78, 5) is 0. The molecule has 2 heterocycles. The van der Waals surface area contributed by atoms with E-state index < -0.39 is 6.17 Å². The molecule has 1 aromatic heterocycles. The first kappa shape index (κ1) is 11.7. The van der Waals surface area contributed by atoms with E-state index in [1.54, 1.807) is 11.3 Å². The monoisotopic (exact) mass is 261 g/mol. The summed E-state index contributed by atoms with van der Waals surface area (Å²) in [5.74, 6) is 0. The molecule has 3 heteroatoms. The lowest BCUT2D eigenvalue weighted by molar-refractivity contribution is 0.325. The number of fused-ring (bicyclic) bond motifs is 1. The van der Waals surface area contributed by atoms with Crippen molar-refractivity contribution in [3.05, 3.63) is 51.7 Å². The maximum Gasteiger partial charge on any atom is 0.127 e. The quantitative estimate of drug-likeness (QED) is 0.862. The molecule has 0 saturated carbocycles. The first-order valence-electron chi connectivity index (χ1n) is 6.35. The van der Waals surface area contributed by atoms with Crippen LogP contribution in [0.15, 0.2) is 35.0 Å². The van der Waals surface area contributed by atoms with E-state index >= 15 is 0 Å². The molecule has 0 amide bonds. The number of halogens is 1. The number of para-hydroxylation sites is 1. The second-order valence-electron chi connectivity index (χ2n) is 4.70. The summed E-state index contributed by atoms with van der Waals surface area (Å²) in [6.07, 6.45) is 1.52. The van der Waals surface area contributed by atoms with E-state index in [0.717, 1.165) is 30.6 Å². The number of alkyl halides is 1. The molecule has 1 unspecified atom stereocenters. The summed E-state index contributed by atoms with van der Waals surface area (Å²) in [5, 5.41) is 7.45. The molecule has 0 fully saturated rings. The number of benzene rings is 1. The minimum atomic E-state index is -0.870. The molecular formula is C15H16FNS. The van der Waals surface area contributed by atoms with Gasteiger partial charge in [-0.1, -0.05) is 18.2 Å². The standard InChI is InChI=1S/C15H16FNS/c16-14(5-4-11-7-9-18-10-11)13-3-1-2-12-6-8-17-15(12)13/h1-3,7,9-10,14,17H,4-6,8H2. The van der Waals surface area contributed by atoms with Gasteiger partial charge in [-0.25, -0.2) is 4.39 Å². The Morgan fingerprint density at radius 2 is 2.28 bits per heavy atom. The van der Waals surface area contributed by atoms with Crippen LogP contribution in [0.4, 0.5) is 10.1 Å². The Bertz CT molecular complexity index is 521. The smallest absolute Gasteiger partial charge is 0.127 e. The highest BCUT2D eigenvalue weighted by atomic mass is 32.1. The van der Waals surface area contributed by atoms with Crippen molar-refractivity contribution in [1.29, 1.82) is 0 Å². The fourth-order valence-electron chi connectivity index (χ4n) is 2.51. The predicted molar refractivity (Wildman–Crippen MR) is 75.1 cm³/mol. The third-order valence-corrected chi connectivity index (χ3v) is 4.22. The third kappa shape index (κ3) is 2.27. The maximum absolute atomic E-state index is 14.3. The molecule has 0 radical (unpaired) electrons. The third-order valence-electron chi connectivity index (χ3n) is 3.48. The Kier molecular flexibility index (Phi) is 3.33. The van der Waals surface area contributed by atoms with Crippen molar-refractivity contribution in [2.75, 3.05) is 11.9 Å². The van der Waals surface area contributed by atoms with E-state index in [9.17, 15) is 4.39 Å². The van der Waals surface area contributed by atoms with Crippen molar-refractivity contribution in [2.45, 2.75) is 25.4 Å². The molecule has 1 aromatic carbocycles. The van der Waals surface area contributed by atoms with Crippen molar-refractivity contribution in [1.82, 2.24) is 0 Å². The van der Waals surface area contributed by atoms with Crippen LogP contribution in [0.5, 0.6) is 0 Å². The van der Waals surface area contributed by atoms with Crippen LogP contribution in [0.2, 0.25) is 0 Å². The van der Waals surface area contributed by atoms with E-state index in [1.165, 1.54) is 11.1 Å². The lowest BCUT2D eigenvalue weighted by Gasteiger charge is -2.13. The van der Waals surface area contributed by atoms with Gasteiger partial charge in [0.1, 0.15) is 6.17 Å². The molecule has 94 valence electrons. The van der Waals surface area contributed by atoms with Crippen molar-refractivity contribution in [3.8, 4) is 0 Å². The van der Waals surface area contributed by atoms with Crippen LogP contribution < -0.4 is 5.32 Å². The summed E-state index contributed by atoms with van der Waals surface area (Å²) in [6.45, 7) is 0.934. The maximum atomic E-state index is 14.3. The first-order chi connectivity index (χ1) is 8.84. The summed E-state index contributed by atoms with van der Waals surface area (Å²) >= 11 is 1.67. The average Bonchev–Trinajstić information content (AvgIpc) is 3.05. The van der Waals surface area contributed by atoms with Gasteiger partial charge < -0.3 is 5.32 Å². The van der Waals surface area contributed by atoms with Crippen molar-refractivity contribution >= 4 is 17.0 Å². The zero-order valence-corrected chi connectivity index (χ0v) is 11.0. The van der Waals surface area contributed by atoms with Gasteiger partial charge in [0, 0.05) is 17.8 Å². The Hall–Kier alpha value is -1.35. The van der Waals surface area contributed by atoms with Gasteiger partial charge in [-0.15, -0.1) is 0 Å². The molecule has 1 aliphatic rings. The number of hydrogen-bond donors (Lipinski definition) is 1. The molecule has 1 aliphatic heterocycles. The number of nitrogens with one attached hydrogen (secondary N) is 1.